The van der Waals surface area contributed by atoms with Crippen molar-refractivity contribution in [2.24, 2.45) is 0 Å². The average Bonchev–Trinajstić information content (AvgIpc) is 2.55. The minimum atomic E-state index is -0.369. The summed E-state index contributed by atoms with van der Waals surface area (Å²) in [6, 6.07) is 14.1. The standard InChI is InChI=1S/C16H16ClN3O2S/c1-2-22-12-9-7-11(8-10-12)18-16(23)20-19-15(21)13-5-3-4-6-14(13)17/h3-10H,2H2,1H3,(H,19,21)(H2,18,20,23). The van der Waals surface area contributed by atoms with E-state index in [0.29, 0.717) is 17.2 Å². The number of carbonyl (C=O) groups excluding carboxylic acids is 1. The van der Waals surface area contributed by atoms with Gasteiger partial charge in [0.15, 0.2) is 5.11 Å². The number of amides is 1. The molecule has 0 aliphatic carbocycles. The number of thiocarbonyl (C=S) groups is 1. The number of ether oxygens (including phenoxy) is 1. The molecule has 1 amide bonds. The Morgan fingerprint density at radius 2 is 1.83 bits per heavy atom. The number of hydrogen-bond acceptors (Lipinski definition) is 3. The quantitative estimate of drug-likeness (QED) is 0.583. The van der Waals surface area contributed by atoms with Crippen molar-refractivity contribution in [1.82, 2.24) is 10.9 Å². The molecule has 0 saturated heterocycles. The van der Waals surface area contributed by atoms with Crippen molar-refractivity contribution < 1.29 is 9.53 Å². The van der Waals surface area contributed by atoms with Crippen LogP contribution in [0, 0.1) is 0 Å². The minimum absolute atomic E-state index is 0.259. The second-order valence-electron chi connectivity index (χ2n) is 4.47. The Labute approximate surface area is 145 Å². The van der Waals surface area contributed by atoms with Crippen LogP contribution in [-0.2, 0) is 0 Å². The van der Waals surface area contributed by atoms with Gasteiger partial charge < -0.3 is 10.1 Å². The zero-order valence-electron chi connectivity index (χ0n) is 12.4. The Balaban J connectivity index is 1.85. The maximum absolute atomic E-state index is 12.0. The third kappa shape index (κ3) is 5.12. The van der Waals surface area contributed by atoms with Crippen LogP contribution in [0.5, 0.6) is 5.75 Å². The van der Waals surface area contributed by atoms with Crippen molar-refractivity contribution in [3.05, 3.63) is 59.1 Å². The van der Waals surface area contributed by atoms with Crippen LogP contribution in [0.4, 0.5) is 5.69 Å². The Kier molecular flexibility index (Phi) is 6.19. The van der Waals surface area contributed by atoms with E-state index in [4.69, 9.17) is 28.6 Å². The molecule has 5 nitrogen and oxygen atoms in total. The van der Waals surface area contributed by atoms with Crippen LogP contribution < -0.4 is 20.9 Å². The summed E-state index contributed by atoms with van der Waals surface area (Å²) in [5, 5.41) is 3.58. The van der Waals surface area contributed by atoms with Crippen LogP contribution in [-0.4, -0.2) is 17.6 Å². The monoisotopic (exact) mass is 349 g/mol. The van der Waals surface area contributed by atoms with Crippen LogP contribution in [0.15, 0.2) is 48.5 Å². The molecule has 0 saturated carbocycles. The lowest BCUT2D eigenvalue weighted by Gasteiger charge is -2.12. The minimum Gasteiger partial charge on any atom is -0.494 e. The van der Waals surface area contributed by atoms with Crippen LogP contribution >= 0.6 is 23.8 Å². The molecule has 0 spiro atoms. The van der Waals surface area contributed by atoms with Gasteiger partial charge in [-0.15, -0.1) is 0 Å². The number of carbonyl (C=O) groups is 1. The van der Waals surface area contributed by atoms with Crippen molar-refractivity contribution in [2.75, 3.05) is 11.9 Å². The first-order valence-corrected chi connectivity index (χ1v) is 7.73. The molecule has 7 heteroatoms. The highest BCUT2D eigenvalue weighted by Gasteiger charge is 2.09. The summed E-state index contributed by atoms with van der Waals surface area (Å²) < 4.78 is 5.36. The summed E-state index contributed by atoms with van der Waals surface area (Å²) in [5.41, 5.74) is 6.26. The maximum Gasteiger partial charge on any atom is 0.271 e. The predicted octanol–water partition coefficient (Wildman–Crippen LogP) is 3.37. The van der Waals surface area contributed by atoms with Crippen molar-refractivity contribution in [3.63, 3.8) is 0 Å². The zero-order chi connectivity index (χ0) is 16.7. The maximum atomic E-state index is 12.0. The Hall–Kier alpha value is -2.31. The number of hydrogen-bond donors (Lipinski definition) is 3. The summed E-state index contributed by atoms with van der Waals surface area (Å²) in [6.45, 7) is 2.54. The first kappa shape index (κ1) is 17.1. The smallest absolute Gasteiger partial charge is 0.271 e. The molecule has 0 radical (unpaired) electrons. The van der Waals surface area contributed by atoms with E-state index < -0.39 is 0 Å². The number of benzene rings is 2. The summed E-state index contributed by atoms with van der Waals surface area (Å²) in [4.78, 5) is 12.0. The van der Waals surface area contributed by atoms with Crippen LogP contribution in [0.1, 0.15) is 17.3 Å². The lowest BCUT2D eigenvalue weighted by Crippen LogP contribution is -2.43. The van der Waals surface area contributed by atoms with Crippen molar-refractivity contribution in [2.45, 2.75) is 6.92 Å². The highest BCUT2D eigenvalue weighted by molar-refractivity contribution is 7.80. The van der Waals surface area contributed by atoms with Crippen LogP contribution in [0.2, 0.25) is 5.02 Å². The molecule has 23 heavy (non-hydrogen) atoms. The van der Waals surface area contributed by atoms with Gasteiger partial charge in [0.2, 0.25) is 0 Å². The van der Waals surface area contributed by atoms with Gasteiger partial charge in [-0.05, 0) is 55.5 Å². The van der Waals surface area contributed by atoms with E-state index >= 15 is 0 Å². The first-order valence-electron chi connectivity index (χ1n) is 6.95. The average molecular weight is 350 g/mol. The molecule has 0 atom stereocenters. The molecule has 3 N–H and O–H groups in total. The third-order valence-corrected chi connectivity index (χ3v) is 3.36. The molecule has 2 aromatic rings. The molecule has 0 heterocycles. The summed E-state index contributed by atoms with van der Waals surface area (Å²) >= 11 is 11.1. The highest BCUT2D eigenvalue weighted by Crippen LogP contribution is 2.16. The molecular formula is C16H16ClN3O2S. The Morgan fingerprint density at radius 1 is 1.13 bits per heavy atom. The van der Waals surface area contributed by atoms with Crippen molar-refractivity contribution in [1.29, 1.82) is 0 Å². The second-order valence-corrected chi connectivity index (χ2v) is 5.29. The fraction of sp³-hybridized carbons (Fsp3) is 0.125. The van der Waals surface area contributed by atoms with Gasteiger partial charge in [-0.1, -0.05) is 23.7 Å². The number of hydrazine groups is 1. The molecule has 120 valence electrons. The molecular weight excluding hydrogens is 334 g/mol. The van der Waals surface area contributed by atoms with Gasteiger partial charge in [0.1, 0.15) is 5.75 Å². The van der Waals surface area contributed by atoms with Crippen molar-refractivity contribution in [3.8, 4) is 5.75 Å². The fourth-order valence-corrected chi connectivity index (χ4v) is 2.18. The van der Waals surface area contributed by atoms with E-state index in [9.17, 15) is 4.79 Å². The van der Waals surface area contributed by atoms with Gasteiger partial charge in [-0.25, -0.2) is 0 Å². The van der Waals surface area contributed by atoms with Gasteiger partial charge in [-0.2, -0.15) is 0 Å². The molecule has 0 aliphatic rings. The molecule has 0 aromatic heterocycles. The van der Waals surface area contributed by atoms with E-state index in [2.05, 4.69) is 16.2 Å². The third-order valence-electron chi connectivity index (χ3n) is 2.83. The zero-order valence-corrected chi connectivity index (χ0v) is 14.0. The van der Waals surface area contributed by atoms with E-state index in [1.165, 1.54) is 0 Å². The summed E-state index contributed by atoms with van der Waals surface area (Å²) in [7, 11) is 0. The Morgan fingerprint density at radius 3 is 2.48 bits per heavy atom. The van der Waals surface area contributed by atoms with Crippen LogP contribution in [0.25, 0.3) is 0 Å². The first-order chi connectivity index (χ1) is 11.1. The van der Waals surface area contributed by atoms with Gasteiger partial charge in [-0.3, -0.25) is 15.6 Å². The molecule has 2 rings (SSSR count). The largest absolute Gasteiger partial charge is 0.494 e. The number of halogens is 1. The molecule has 0 bridgehead atoms. The SMILES string of the molecule is CCOc1ccc(NC(=S)NNC(=O)c2ccccc2Cl)cc1. The number of anilines is 1. The molecule has 0 fully saturated rings. The molecule has 0 aliphatic heterocycles. The number of rotatable bonds is 4. The summed E-state index contributed by atoms with van der Waals surface area (Å²) in [6.07, 6.45) is 0. The van der Waals surface area contributed by atoms with Crippen LogP contribution in [0.3, 0.4) is 0 Å². The molecule has 2 aromatic carbocycles. The van der Waals surface area contributed by atoms with Crippen molar-refractivity contribution >= 4 is 40.5 Å². The van der Waals surface area contributed by atoms with E-state index in [0.717, 1.165) is 11.4 Å². The predicted molar refractivity (Wildman–Crippen MR) is 95.9 cm³/mol. The highest BCUT2D eigenvalue weighted by atomic mass is 35.5. The van der Waals surface area contributed by atoms with Gasteiger partial charge in [0, 0.05) is 5.69 Å². The Bertz CT molecular complexity index is 692. The second kappa shape index (κ2) is 8.36. The van der Waals surface area contributed by atoms with Gasteiger partial charge in [0.25, 0.3) is 5.91 Å². The molecule has 0 unspecified atom stereocenters. The van der Waals surface area contributed by atoms with E-state index in [1.807, 2.05) is 31.2 Å². The van der Waals surface area contributed by atoms with E-state index in [-0.39, 0.29) is 11.0 Å². The van der Waals surface area contributed by atoms with Gasteiger partial charge in [0.05, 0.1) is 17.2 Å². The lowest BCUT2D eigenvalue weighted by atomic mass is 10.2. The topological polar surface area (TPSA) is 62.4 Å². The lowest BCUT2D eigenvalue weighted by molar-refractivity contribution is 0.0944. The summed E-state index contributed by atoms with van der Waals surface area (Å²) in [5.74, 6) is 0.412. The fourth-order valence-electron chi connectivity index (χ4n) is 1.79. The number of nitrogens with one attached hydrogen (secondary N) is 3. The normalized spacial score (nSPS) is 9.83. The van der Waals surface area contributed by atoms with E-state index in [1.54, 1.807) is 24.3 Å². The van der Waals surface area contributed by atoms with Gasteiger partial charge >= 0.3 is 0 Å².